The number of aromatic nitrogens is 1. The van der Waals surface area contributed by atoms with Gasteiger partial charge >= 0.3 is 5.97 Å². The summed E-state index contributed by atoms with van der Waals surface area (Å²) in [6, 6.07) is 24.2. The smallest absolute Gasteiger partial charge is 0.306 e. The minimum Gasteiger partial charge on any atom is -0.469 e. The van der Waals surface area contributed by atoms with E-state index in [4.69, 9.17) is 4.74 Å². The van der Waals surface area contributed by atoms with Crippen LogP contribution in [0.4, 0.5) is 0 Å². The number of H-pyrrole nitrogens is 1. The number of benzene rings is 3. The average Bonchev–Trinajstić information content (AvgIpc) is 3.36. The van der Waals surface area contributed by atoms with Crippen LogP contribution in [0, 0.1) is 0 Å². The molecule has 0 amide bonds. The molecule has 1 aliphatic carbocycles. The number of carbonyl (C=O) groups excluding carboxylic acids is 1. The fraction of sp³-hybridized carbons (Fsp3) is 0.345. The molecule has 3 aromatic carbocycles. The van der Waals surface area contributed by atoms with Gasteiger partial charge in [-0.15, -0.1) is 0 Å². The number of fused-ring (bicyclic) bond motifs is 5. The Morgan fingerprint density at radius 3 is 2.61 bits per heavy atom. The number of aromatic amines is 1. The van der Waals surface area contributed by atoms with Crippen LogP contribution in [0.25, 0.3) is 21.8 Å². The minimum absolute atomic E-state index is 0.100. The number of ether oxygens (including phenoxy) is 1. The van der Waals surface area contributed by atoms with Crippen LogP contribution in [0.5, 0.6) is 0 Å². The zero-order valence-electron chi connectivity index (χ0n) is 19.1. The van der Waals surface area contributed by atoms with Crippen LogP contribution < -0.4 is 0 Å². The molecular weight excluding hydrogens is 408 g/mol. The summed E-state index contributed by atoms with van der Waals surface area (Å²) in [7, 11) is 1.49. The molecule has 2 aliphatic rings. The van der Waals surface area contributed by atoms with E-state index in [9.17, 15) is 4.79 Å². The van der Waals surface area contributed by atoms with Gasteiger partial charge in [0.2, 0.25) is 0 Å². The summed E-state index contributed by atoms with van der Waals surface area (Å²) in [5, 5.41) is 2.61. The van der Waals surface area contributed by atoms with E-state index in [0.29, 0.717) is 6.42 Å². The number of carbonyl (C=O) groups is 1. The van der Waals surface area contributed by atoms with Gasteiger partial charge < -0.3 is 9.72 Å². The Morgan fingerprint density at radius 2 is 1.76 bits per heavy atom. The molecule has 1 unspecified atom stereocenters. The SMILES string of the molecule is COC(=O)CC1CC2(CCN(Cc3ccc4[nH]c5ccccc5c4c3)CC2)c2ccccc21. The Morgan fingerprint density at radius 1 is 1.00 bits per heavy atom. The second-order valence-corrected chi connectivity index (χ2v) is 9.88. The summed E-state index contributed by atoms with van der Waals surface area (Å²) in [5.74, 6) is 0.182. The van der Waals surface area contributed by atoms with Crippen LogP contribution >= 0.6 is 0 Å². The Hall–Kier alpha value is -3.11. The predicted molar refractivity (Wildman–Crippen MR) is 132 cm³/mol. The Kier molecular flexibility index (Phi) is 4.99. The average molecular weight is 439 g/mol. The third kappa shape index (κ3) is 3.53. The summed E-state index contributed by atoms with van der Waals surface area (Å²) in [5.41, 5.74) is 6.81. The topological polar surface area (TPSA) is 45.3 Å². The van der Waals surface area contributed by atoms with Crippen LogP contribution in [-0.2, 0) is 21.5 Å². The number of nitrogens with zero attached hydrogens (tertiary/aromatic N) is 1. The van der Waals surface area contributed by atoms with Crippen molar-refractivity contribution in [3.63, 3.8) is 0 Å². The van der Waals surface area contributed by atoms with Crippen molar-refractivity contribution in [3.05, 3.63) is 83.4 Å². The highest BCUT2D eigenvalue weighted by molar-refractivity contribution is 6.07. The fourth-order valence-corrected chi connectivity index (χ4v) is 6.36. The monoisotopic (exact) mass is 438 g/mol. The van der Waals surface area contributed by atoms with E-state index < -0.39 is 0 Å². The number of esters is 1. The van der Waals surface area contributed by atoms with E-state index in [-0.39, 0.29) is 17.3 Å². The lowest BCUT2D eigenvalue weighted by Gasteiger charge is -2.40. The quantitative estimate of drug-likeness (QED) is 0.403. The Bertz CT molecular complexity index is 1330. The van der Waals surface area contributed by atoms with Gasteiger partial charge in [-0.05, 0) is 78.6 Å². The highest BCUT2D eigenvalue weighted by Crippen LogP contribution is 2.52. The van der Waals surface area contributed by atoms with E-state index in [1.807, 2.05) is 0 Å². The molecule has 4 nitrogen and oxygen atoms in total. The second-order valence-electron chi connectivity index (χ2n) is 9.88. The molecule has 1 aliphatic heterocycles. The maximum atomic E-state index is 12.0. The molecular formula is C29H30N2O2. The molecule has 0 bridgehead atoms. The van der Waals surface area contributed by atoms with Gasteiger partial charge in [0.1, 0.15) is 0 Å². The largest absolute Gasteiger partial charge is 0.469 e. The Labute approximate surface area is 194 Å². The third-order valence-corrected chi connectivity index (χ3v) is 8.04. The van der Waals surface area contributed by atoms with Gasteiger partial charge in [-0.25, -0.2) is 0 Å². The highest BCUT2D eigenvalue weighted by atomic mass is 16.5. The van der Waals surface area contributed by atoms with Crippen LogP contribution in [0.3, 0.4) is 0 Å². The van der Waals surface area contributed by atoms with Gasteiger partial charge in [0.05, 0.1) is 13.5 Å². The summed E-state index contributed by atoms with van der Waals surface area (Å²) in [6.45, 7) is 3.16. The summed E-state index contributed by atoms with van der Waals surface area (Å²) in [4.78, 5) is 18.1. The number of hydrogen-bond donors (Lipinski definition) is 1. The lowest BCUT2D eigenvalue weighted by molar-refractivity contribution is -0.141. The number of piperidine rings is 1. The molecule has 1 aromatic heterocycles. The fourth-order valence-electron chi connectivity index (χ4n) is 6.36. The predicted octanol–water partition coefficient (Wildman–Crippen LogP) is 5.91. The number of hydrogen-bond acceptors (Lipinski definition) is 3. The standard InChI is InChI=1S/C29H30N2O2/c1-33-28(32)17-21-18-29(25-8-4-2-6-22(21)25)12-14-31(15-13-29)19-20-10-11-27-24(16-20)23-7-3-5-9-26(23)30-27/h2-11,16,21,30H,12-15,17-19H2,1H3. The maximum Gasteiger partial charge on any atom is 0.306 e. The molecule has 0 saturated carbocycles. The van der Waals surface area contributed by atoms with Gasteiger partial charge in [-0.2, -0.15) is 0 Å². The summed E-state index contributed by atoms with van der Waals surface area (Å²) < 4.78 is 4.99. The van der Waals surface area contributed by atoms with Gasteiger partial charge in [0.15, 0.2) is 0 Å². The van der Waals surface area contributed by atoms with Crippen molar-refractivity contribution in [2.45, 2.75) is 43.6 Å². The minimum atomic E-state index is -0.100. The van der Waals surface area contributed by atoms with Crippen molar-refractivity contribution in [1.82, 2.24) is 9.88 Å². The molecule has 4 aromatic rings. The second kappa shape index (κ2) is 8.03. The summed E-state index contributed by atoms with van der Waals surface area (Å²) >= 11 is 0. The van der Waals surface area contributed by atoms with Crippen LogP contribution in [0.1, 0.15) is 48.3 Å². The molecule has 2 heterocycles. The van der Waals surface area contributed by atoms with Crippen molar-refractivity contribution in [3.8, 4) is 0 Å². The number of nitrogens with one attached hydrogen (secondary N) is 1. The van der Waals surface area contributed by atoms with Crippen molar-refractivity contribution >= 4 is 27.8 Å². The molecule has 0 radical (unpaired) electrons. The lowest BCUT2D eigenvalue weighted by atomic mass is 9.73. The van der Waals surface area contributed by atoms with E-state index in [1.54, 1.807) is 0 Å². The first-order valence-electron chi connectivity index (χ1n) is 12.0. The first-order chi connectivity index (χ1) is 16.1. The zero-order valence-corrected chi connectivity index (χ0v) is 19.1. The van der Waals surface area contributed by atoms with Gasteiger partial charge in [0.25, 0.3) is 0 Å². The van der Waals surface area contributed by atoms with E-state index in [2.05, 4.69) is 76.6 Å². The van der Waals surface area contributed by atoms with Gasteiger partial charge in [0, 0.05) is 28.4 Å². The molecule has 1 fully saturated rings. The van der Waals surface area contributed by atoms with E-state index in [0.717, 1.165) is 38.9 Å². The number of para-hydroxylation sites is 1. The van der Waals surface area contributed by atoms with Crippen molar-refractivity contribution in [2.75, 3.05) is 20.2 Å². The van der Waals surface area contributed by atoms with Crippen molar-refractivity contribution in [2.24, 2.45) is 0 Å². The molecule has 1 atom stereocenters. The zero-order chi connectivity index (χ0) is 22.4. The first kappa shape index (κ1) is 20.5. The third-order valence-electron chi connectivity index (χ3n) is 8.04. The van der Waals surface area contributed by atoms with Crippen LogP contribution in [-0.4, -0.2) is 36.1 Å². The van der Waals surface area contributed by atoms with E-state index in [1.165, 1.54) is 45.6 Å². The van der Waals surface area contributed by atoms with Crippen molar-refractivity contribution < 1.29 is 9.53 Å². The number of rotatable bonds is 4. The molecule has 168 valence electrons. The molecule has 4 heteroatoms. The Balaban J connectivity index is 1.19. The van der Waals surface area contributed by atoms with E-state index >= 15 is 0 Å². The number of likely N-dealkylation sites (tertiary alicyclic amines) is 1. The number of methoxy groups -OCH3 is 1. The molecule has 1 spiro atoms. The molecule has 1 N–H and O–H groups in total. The van der Waals surface area contributed by atoms with Crippen LogP contribution in [0.15, 0.2) is 66.7 Å². The molecule has 1 saturated heterocycles. The normalized spacial score (nSPS) is 19.8. The first-order valence-corrected chi connectivity index (χ1v) is 12.0. The highest BCUT2D eigenvalue weighted by Gasteiger charge is 2.45. The molecule has 33 heavy (non-hydrogen) atoms. The molecule has 6 rings (SSSR count). The van der Waals surface area contributed by atoms with Gasteiger partial charge in [-0.1, -0.05) is 48.5 Å². The summed E-state index contributed by atoms with van der Waals surface area (Å²) in [6.07, 6.45) is 3.86. The maximum absolute atomic E-state index is 12.0. The van der Waals surface area contributed by atoms with Crippen molar-refractivity contribution in [1.29, 1.82) is 0 Å². The van der Waals surface area contributed by atoms with Gasteiger partial charge in [-0.3, -0.25) is 9.69 Å². The van der Waals surface area contributed by atoms with Crippen LogP contribution in [0.2, 0.25) is 0 Å². The lowest BCUT2D eigenvalue weighted by Crippen LogP contribution is -2.41.